The largest absolute Gasteiger partial charge is 0.433 e. The van der Waals surface area contributed by atoms with Crippen LogP contribution in [0.1, 0.15) is 17.0 Å². The third kappa shape index (κ3) is 2.85. The van der Waals surface area contributed by atoms with Gasteiger partial charge in [-0.2, -0.15) is 13.2 Å². The highest BCUT2D eigenvalue weighted by atomic mass is 35.5. The van der Waals surface area contributed by atoms with Crippen LogP contribution in [0, 0.1) is 6.92 Å². The number of nitrogens with two attached hydrogens (primary N) is 1. The van der Waals surface area contributed by atoms with Gasteiger partial charge in [-0.1, -0.05) is 6.07 Å². The monoisotopic (exact) mass is 226 g/mol. The molecule has 0 amide bonds. The topological polar surface area (TPSA) is 38.9 Å². The minimum atomic E-state index is -4.38. The maximum absolute atomic E-state index is 12.1. The maximum atomic E-state index is 12.1. The quantitative estimate of drug-likeness (QED) is 0.798. The van der Waals surface area contributed by atoms with Crippen LogP contribution < -0.4 is 5.73 Å². The second-order valence-electron chi connectivity index (χ2n) is 2.64. The minimum Gasteiger partial charge on any atom is -0.326 e. The van der Waals surface area contributed by atoms with Gasteiger partial charge in [0.2, 0.25) is 0 Å². The third-order valence-corrected chi connectivity index (χ3v) is 1.71. The molecule has 0 aromatic carbocycles. The molecule has 1 rings (SSSR count). The molecule has 0 spiro atoms. The van der Waals surface area contributed by atoms with Gasteiger partial charge in [0, 0.05) is 12.2 Å². The molecule has 1 heterocycles. The molecule has 0 aliphatic carbocycles. The van der Waals surface area contributed by atoms with E-state index in [1.54, 1.807) is 0 Å². The van der Waals surface area contributed by atoms with Gasteiger partial charge in [0.15, 0.2) is 0 Å². The molecule has 14 heavy (non-hydrogen) atoms. The first kappa shape index (κ1) is 13.2. The molecule has 0 unspecified atom stereocenters. The van der Waals surface area contributed by atoms with Crippen LogP contribution in [0.15, 0.2) is 12.1 Å². The second kappa shape index (κ2) is 4.61. The molecule has 80 valence electrons. The summed E-state index contributed by atoms with van der Waals surface area (Å²) in [5.74, 6) is 0. The Morgan fingerprint density at radius 3 is 2.29 bits per heavy atom. The van der Waals surface area contributed by atoms with Crippen LogP contribution in [0.3, 0.4) is 0 Å². The van der Waals surface area contributed by atoms with Gasteiger partial charge in [-0.25, -0.2) is 4.98 Å². The van der Waals surface area contributed by atoms with Gasteiger partial charge in [0.1, 0.15) is 5.69 Å². The van der Waals surface area contributed by atoms with Crippen molar-refractivity contribution in [2.24, 2.45) is 5.73 Å². The second-order valence-corrected chi connectivity index (χ2v) is 2.64. The van der Waals surface area contributed by atoms with Gasteiger partial charge in [0.05, 0.1) is 0 Å². The summed E-state index contributed by atoms with van der Waals surface area (Å²) in [5, 5.41) is 0. The maximum Gasteiger partial charge on any atom is 0.433 e. The van der Waals surface area contributed by atoms with Crippen molar-refractivity contribution < 1.29 is 13.2 Å². The number of hydrogen-bond acceptors (Lipinski definition) is 2. The van der Waals surface area contributed by atoms with E-state index in [0.717, 1.165) is 6.07 Å². The molecule has 0 bridgehead atoms. The Labute approximate surface area is 85.7 Å². The average Bonchev–Trinajstić information content (AvgIpc) is 2.02. The zero-order chi connectivity index (χ0) is 10.1. The normalized spacial score (nSPS) is 10.9. The summed E-state index contributed by atoms with van der Waals surface area (Å²) in [6.07, 6.45) is -4.38. The molecule has 2 N–H and O–H groups in total. The molecular weight excluding hydrogens is 217 g/mol. The summed E-state index contributed by atoms with van der Waals surface area (Å²) in [4.78, 5) is 3.41. The first-order chi connectivity index (χ1) is 5.95. The van der Waals surface area contributed by atoms with Gasteiger partial charge < -0.3 is 5.73 Å². The van der Waals surface area contributed by atoms with Crippen LogP contribution in [0.25, 0.3) is 0 Å². The average molecular weight is 227 g/mol. The SMILES string of the molecule is Cc1nc(C(F)(F)F)ccc1CN.Cl. The Bertz CT molecular complexity index is 312. The van der Waals surface area contributed by atoms with Crippen molar-refractivity contribution in [2.75, 3.05) is 0 Å². The Morgan fingerprint density at radius 1 is 1.36 bits per heavy atom. The highest BCUT2D eigenvalue weighted by Gasteiger charge is 2.32. The van der Waals surface area contributed by atoms with E-state index < -0.39 is 11.9 Å². The lowest BCUT2D eigenvalue weighted by Gasteiger charge is -2.08. The van der Waals surface area contributed by atoms with Crippen LogP contribution in [-0.2, 0) is 12.7 Å². The van der Waals surface area contributed by atoms with Crippen LogP contribution in [0.5, 0.6) is 0 Å². The van der Waals surface area contributed by atoms with Crippen molar-refractivity contribution in [3.63, 3.8) is 0 Å². The lowest BCUT2D eigenvalue weighted by atomic mass is 10.2. The lowest BCUT2D eigenvalue weighted by molar-refractivity contribution is -0.141. The number of alkyl halides is 3. The van der Waals surface area contributed by atoms with E-state index in [2.05, 4.69) is 4.98 Å². The summed E-state index contributed by atoms with van der Waals surface area (Å²) >= 11 is 0. The van der Waals surface area contributed by atoms with E-state index in [9.17, 15) is 13.2 Å². The number of aryl methyl sites for hydroxylation is 1. The minimum absolute atomic E-state index is 0. The molecule has 0 saturated carbocycles. The van der Waals surface area contributed by atoms with Gasteiger partial charge in [-0.3, -0.25) is 0 Å². The van der Waals surface area contributed by atoms with Crippen molar-refractivity contribution in [3.05, 3.63) is 29.1 Å². The van der Waals surface area contributed by atoms with Crippen LogP contribution >= 0.6 is 12.4 Å². The Hall–Kier alpha value is -0.810. The molecule has 1 aromatic heterocycles. The van der Waals surface area contributed by atoms with E-state index in [1.165, 1.54) is 13.0 Å². The predicted molar refractivity (Wildman–Crippen MR) is 49.1 cm³/mol. The van der Waals surface area contributed by atoms with Gasteiger partial charge in [-0.05, 0) is 18.6 Å². The summed E-state index contributed by atoms with van der Waals surface area (Å²) in [5.41, 5.74) is 5.38. The number of pyridine rings is 1. The zero-order valence-electron chi connectivity index (χ0n) is 7.43. The molecule has 0 saturated heterocycles. The van der Waals surface area contributed by atoms with Crippen molar-refractivity contribution >= 4 is 12.4 Å². The number of nitrogens with zero attached hydrogens (tertiary/aromatic N) is 1. The van der Waals surface area contributed by atoms with E-state index in [-0.39, 0.29) is 19.0 Å². The molecule has 0 aliphatic rings. The summed E-state index contributed by atoms with van der Waals surface area (Å²) in [6, 6.07) is 2.29. The van der Waals surface area contributed by atoms with Crippen LogP contribution in [0.2, 0.25) is 0 Å². The smallest absolute Gasteiger partial charge is 0.326 e. The van der Waals surface area contributed by atoms with Gasteiger partial charge in [-0.15, -0.1) is 12.4 Å². The van der Waals surface area contributed by atoms with Crippen molar-refractivity contribution in [1.82, 2.24) is 4.98 Å². The molecule has 0 atom stereocenters. The van der Waals surface area contributed by atoms with Crippen molar-refractivity contribution in [1.29, 1.82) is 0 Å². The van der Waals surface area contributed by atoms with Gasteiger partial charge >= 0.3 is 6.18 Å². The van der Waals surface area contributed by atoms with Crippen LogP contribution in [0.4, 0.5) is 13.2 Å². The van der Waals surface area contributed by atoms with E-state index in [0.29, 0.717) is 11.3 Å². The van der Waals surface area contributed by atoms with Crippen molar-refractivity contribution in [3.8, 4) is 0 Å². The fourth-order valence-corrected chi connectivity index (χ4v) is 0.964. The molecule has 1 aromatic rings. The van der Waals surface area contributed by atoms with Gasteiger partial charge in [0.25, 0.3) is 0 Å². The number of rotatable bonds is 1. The van der Waals surface area contributed by atoms with E-state index in [4.69, 9.17) is 5.73 Å². The fourth-order valence-electron chi connectivity index (χ4n) is 0.964. The first-order valence-electron chi connectivity index (χ1n) is 3.69. The third-order valence-electron chi connectivity index (χ3n) is 1.71. The number of hydrogen-bond donors (Lipinski definition) is 1. The number of aromatic nitrogens is 1. The molecule has 0 aliphatic heterocycles. The standard InChI is InChI=1S/C8H9F3N2.ClH/c1-5-6(4-12)2-3-7(13-5)8(9,10)11;/h2-3H,4,12H2,1H3;1H. The molecule has 2 nitrogen and oxygen atoms in total. The van der Waals surface area contributed by atoms with Crippen LogP contribution in [-0.4, -0.2) is 4.98 Å². The van der Waals surface area contributed by atoms with E-state index in [1.807, 2.05) is 0 Å². The highest BCUT2D eigenvalue weighted by molar-refractivity contribution is 5.85. The fraction of sp³-hybridized carbons (Fsp3) is 0.375. The Kier molecular flexibility index (Phi) is 4.35. The summed E-state index contributed by atoms with van der Waals surface area (Å²) in [6.45, 7) is 1.72. The lowest BCUT2D eigenvalue weighted by Crippen LogP contribution is -2.10. The Balaban J connectivity index is 0.00000169. The molecule has 0 radical (unpaired) electrons. The predicted octanol–water partition coefficient (Wildman–Crippen LogP) is 2.29. The molecule has 6 heteroatoms. The highest BCUT2D eigenvalue weighted by Crippen LogP contribution is 2.27. The molecule has 0 fully saturated rings. The number of halogens is 4. The molecular formula is C8H10ClF3N2. The summed E-state index contributed by atoms with van der Waals surface area (Å²) < 4.78 is 36.3. The Morgan fingerprint density at radius 2 is 1.93 bits per heavy atom. The first-order valence-corrected chi connectivity index (χ1v) is 3.69. The zero-order valence-corrected chi connectivity index (χ0v) is 8.25. The van der Waals surface area contributed by atoms with E-state index >= 15 is 0 Å². The summed E-state index contributed by atoms with van der Waals surface area (Å²) in [7, 11) is 0. The van der Waals surface area contributed by atoms with Crippen molar-refractivity contribution in [2.45, 2.75) is 19.6 Å².